The Morgan fingerprint density at radius 2 is 2.10 bits per heavy atom. The first-order valence-electron chi connectivity index (χ1n) is 7.27. The Morgan fingerprint density at radius 1 is 1.33 bits per heavy atom. The number of hydrogen-bond donors (Lipinski definition) is 2. The van der Waals surface area contributed by atoms with Crippen LogP contribution in [0.1, 0.15) is 39.2 Å². The predicted molar refractivity (Wildman–Crippen MR) is 83.2 cm³/mol. The quantitative estimate of drug-likeness (QED) is 0.849. The Kier molecular flexibility index (Phi) is 4.68. The lowest BCUT2D eigenvalue weighted by Gasteiger charge is -2.21. The molecule has 1 aromatic heterocycles. The lowest BCUT2D eigenvalue weighted by Crippen LogP contribution is -2.37. The monoisotopic (exact) mass is 289 g/mol. The molecule has 0 saturated carbocycles. The summed E-state index contributed by atoms with van der Waals surface area (Å²) < 4.78 is 5.30. The maximum Gasteiger partial charge on any atom is 0.320 e. The van der Waals surface area contributed by atoms with Crippen molar-refractivity contribution in [2.75, 3.05) is 0 Å². The van der Waals surface area contributed by atoms with Gasteiger partial charge in [-0.25, -0.2) is 0 Å². The van der Waals surface area contributed by atoms with Gasteiger partial charge in [-0.1, -0.05) is 26.8 Å². The normalized spacial score (nSPS) is 13.5. The summed E-state index contributed by atoms with van der Waals surface area (Å²) >= 11 is 0. The molecule has 1 atom stereocenters. The van der Waals surface area contributed by atoms with Crippen LogP contribution in [0.3, 0.4) is 0 Å². The smallest absolute Gasteiger partial charge is 0.320 e. The summed E-state index contributed by atoms with van der Waals surface area (Å²) in [6.45, 7) is 6.92. The van der Waals surface area contributed by atoms with Gasteiger partial charge >= 0.3 is 5.97 Å². The predicted octanol–water partition coefficient (Wildman–Crippen LogP) is 3.80. The third-order valence-electron chi connectivity index (χ3n) is 3.55. The Bertz CT molecular complexity index is 610. The molecule has 1 unspecified atom stereocenters. The van der Waals surface area contributed by atoms with E-state index in [2.05, 4.69) is 26.1 Å². The van der Waals surface area contributed by atoms with E-state index in [1.807, 2.05) is 24.3 Å². The molecule has 2 aromatic rings. The minimum Gasteiger partial charge on any atom is -0.480 e. The maximum atomic E-state index is 11.3. The van der Waals surface area contributed by atoms with Crippen molar-refractivity contribution < 1.29 is 14.3 Å². The van der Waals surface area contributed by atoms with Crippen LogP contribution < -0.4 is 5.32 Å². The average Bonchev–Trinajstić information content (AvgIpc) is 2.84. The molecule has 0 aliphatic heterocycles. The van der Waals surface area contributed by atoms with Gasteiger partial charge in [-0.2, -0.15) is 0 Å². The maximum absolute atomic E-state index is 11.3. The molecule has 21 heavy (non-hydrogen) atoms. The molecule has 114 valence electrons. The molecule has 0 aliphatic rings. The number of furan rings is 1. The number of rotatable bonds is 6. The van der Waals surface area contributed by atoms with Crippen LogP contribution in [-0.2, 0) is 11.3 Å². The highest BCUT2D eigenvalue weighted by molar-refractivity contribution is 5.77. The van der Waals surface area contributed by atoms with Gasteiger partial charge in [0.25, 0.3) is 0 Å². The van der Waals surface area contributed by atoms with Crippen LogP contribution in [0.15, 0.2) is 34.9 Å². The van der Waals surface area contributed by atoms with Crippen molar-refractivity contribution in [3.05, 3.63) is 36.1 Å². The van der Waals surface area contributed by atoms with Crippen LogP contribution in [0.4, 0.5) is 0 Å². The van der Waals surface area contributed by atoms with Gasteiger partial charge in [-0.05, 0) is 42.0 Å². The highest BCUT2D eigenvalue weighted by Crippen LogP contribution is 2.22. The van der Waals surface area contributed by atoms with Crippen molar-refractivity contribution in [1.82, 2.24) is 5.32 Å². The topological polar surface area (TPSA) is 62.5 Å². The van der Waals surface area contributed by atoms with E-state index in [1.54, 1.807) is 6.26 Å². The fourth-order valence-electron chi connectivity index (χ4n) is 2.26. The zero-order valence-corrected chi connectivity index (χ0v) is 12.8. The number of hydrogen-bond acceptors (Lipinski definition) is 3. The van der Waals surface area contributed by atoms with Gasteiger partial charge < -0.3 is 14.8 Å². The zero-order valence-electron chi connectivity index (χ0n) is 12.8. The molecule has 0 spiro atoms. The SMILES string of the molecule is CC(C)(C)CCC(NCc1ccc2occc2c1)C(=O)O. The summed E-state index contributed by atoms with van der Waals surface area (Å²) in [5.74, 6) is -0.788. The van der Waals surface area contributed by atoms with E-state index in [-0.39, 0.29) is 5.41 Å². The van der Waals surface area contributed by atoms with E-state index < -0.39 is 12.0 Å². The summed E-state index contributed by atoms with van der Waals surface area (Å²) in [7, 11) is 0. The Balaban J connectivity index is 1.95. The van der Waals surface area contributed by atoms with Crippen molar-refractivity contribution in [1.29, 1.82) is 0 Å². The summed E-state index contributed by atoms with van der Waals surface area (Å²) in [5, 5.41) is 13.5. The lowest BCUT2D eigenvalue weighted by atomic mass is 9.88. The second-order valence-corrected chi connectivity index (χ2v) is 6.66. The number of aliphatic carboxylic acids is 1. The van der Waals surface area contributed by atoms with E-state index in [1.165, 1.54) is 0 Å². The molecule has 0 saturated heterocycles. The fraction of sp³-hybridized carbons (Fsp3) is 0.471. The van der Waals surface area contributed by atoms with Crippen LogP contribution >= 0.6 is 0 Å². The van der Waals surface area contributed by atoms with Crippen molar-refractivity contribution in [2.24, 2.45) is 5.41 Å². The third kappa shape index (κ3) is 4.60. The van der Waals surface area contributed by atoms with Crippen molar-refractivity contribution >= 4 is 16.9 Å². The summed E-state index contributed by atoms with van der Waals surface area (Å²) in [6, 6.07) is 7.30. The van der Waals surface area contributed by atoms with Crippen LogP contribution in [0.2, 0.25) is 0 Å². The summed E-state index contributed by atoms with van der Waals surface area (Å²) in [4.78, 5) is 11.3. The van der Waals surface area contributed by atoms with Crippen LogP contribution in [-0.4, -0.2) is 17.1 Å². The van der Waals surface area contributed by atoms with Gasteiger partial charge in [0.15, 0.2) is 0 Å². The number of carboxylic acid groups (broad SMARTS) is 1. The minimum absolute atomic E-state index is 0.144. The lowest BCUT2D eigenvalue weighted by molar-refractivity contribution is -0.139. The molecule has 4 nitrogen and oxygen atoms in total. The second kappa shape index (κ2) is 6.31. The van der Waals surface area contributed by atoms with Gasteiger partial charge in [0.2, 0.25) is 0 Å². The molecule has 0 radical (unpaired) electrons. The Labute approximate surface area is 125 Å². The second-order valence-electron chi connectivity index (χ2n) is 6.66. The number of carboxylic acids is 1. The molecule has 2 rings (SSSR count). The van der Waals surface area contributed by atoms with Crippen molar-refractivity contribution in [3.8, 4) is 0 Å². The van der Waals surface area contributed by atoms with Crippen molar-refractivity contribution in [3.63, 3.8) is 0 Å². The van der Waals surface area contributed by atoms with Gasteiger partial charge in [-0.3, -0.25) is 4.79 Å². The van der Waals surface area contributed by atoms with Crippen LogP contribution in [0, 0.1) is 5.41 Å². The average molecular weight is 289 g/mol. The fourth-order valence-corrected chi connectivity index (χ4v) is 2.26. The number of nitrogens with one attached hydrogen (secondary N) is 1. The number of carbonyl (C=O) groups is 1. The standard InChI is InChI=1S/C17H23NO3/c1-17(2,3)8-6-14(16(19)20)18-11-12-4-5-15-13(10-12)7-9-21-15/h4-5,7,9-10,14,18H,6,8,11H2,1-3H3,(H,19,20). The molecule has 1 aromatic carbocycles. The highest BCUT2D eigenvalue weighted by atomic mass is 16.4. The van der Waals surface area contributed by atoms with Crippen LogP contribution in [0.5, 0.6) is 0 Å². The first kappa shape index (κ1) is 15.6. The van der Waals surface area contributed by atoms with Gasteiger partial charge in [-0.15, -0.1) is 0 Å². The molecule has 1 heterocycles. The van der Waals surface area contributed by atoms with Crippen molar-refractivity contribution in [2.45, 2.75) is 46.2 Å². The molecule has 0 aliphatic carbocycles. The van der Waals surface area contributed by atoms with E-state index in [0.29, 0.717) is 13.0 Å². The molecular weight excluding hydrogens is 266 g/mol. The first-order chi connectivity index (χ1) is 9.85. The van der Waals surface area contributed by atoms with E-state index >= 15 is 0 Å². The third-order valence-corrected chi connectivity index (χ3v) is 3.55. The molecule has 0 bridgehead atoms. The van der Waals surface area contributed by atoms with Gasteiger partial charge in [0, 0.05) is 11.9 Å². The largest absolute Gasteiger partial charge is 0.480 e. The summed E-state index contributed by atoms with van der Waals surface area (Å²) in [5.41, 5.74) is 2.05. The highest BCUT2D eigenvalue weighted by Gasteiger charge is 2.20. The molecular formula is C17H23NO3. The molecule has 2 N–H and O–H groups in total. The van der Waals surface area contributed by atoms with E-state index in [4.69, 9.17) is 4.42 Å². The minimum atomic E-state index is -0.788. The van der Waals surface area contributed by atoms with E-state index in [9.17, 15) is 9.90 Å². The molecule has 4 heteroatoms. The van der Waals surface area contributed by atoms with E-state index in [0.717, 1.165) is 23.0 Å². The summed E-state index contributed by atoms with van der Waals surface area (Å²) in [6.07, 6.45) is 3.16. The zero-order chi connectivity index (χ0) is 15.5. The van der Waals surface area contributed by atoms with Crippen LogP contribution in [0.25, 0.3) is 11.0 Å². The first-order valence-corrected chi connectivity index (χ1v) is 7.27. The number of benzene rings is 1. The Morgan fingerprint density at radius 3 is 2.76 bits per heavy atom. The Hall–Kier alpha value is -1.81. The number of fused-ring (bicyclic) bond motifs is 1. The molecule has 0 amide bonds. The molecule has 0 fully saturated rings. The van der Waals surface area contributed by atoms with Gasteiger partial charge in [0.05, 0.1) is 6.26 Å². The van der Waals surface area contributed by atoms with Gasteiger partial charge in [0.1, 0.15) is 11.6 Å².